The van der Waals surface area contributed by atoms with E-state index in [2.05, 4.69) is 10.3 Å². The minimum Gasteiger partial charge on any atom is -0.481 e. The number of hydrogen-bond donors (Lipinski definition) is 1. The molecule has 1 aromatic carbocycles. The van der Waals surface area contributed by atoms with Crippen LogP contribution in [-0.2, 0) is 6.54 Å². The summed E-state index contributed by atoms with van der Waals surface area (Å²) in [5.74, 6) is 0.492. The maximum atomic E-state index is 12.5. The quantitative estimate of drug-likeness (QED) is 0.834. The highest BCUT2D eigenvalue weighted by molar-refractivity contribution is 8.00. The van der Waals surface area contributed by atoms with Crippen LogP contribution in [0.25, 0.3) is 0 Å². The Morgan fingerprint density at radius 1 is 1.19 bits per heavy atom. The van der Waals surface area contributed by atoms with Gasteiger partial charge in [0.15, 0.2) is 0 Å². The first-order chi connectivity index (χ1) is 9.98. The molecule has 3 nitrogen and oxygen atoms in total. The molecule has 0 aliphatic heterocycles. The second kappa shape index (κ2) is 6.71. The molecule has 112 valence electrons. The van der Waals surface area contributed by atoms with Gasteiger partial charge in [-0.1, -0.05) is 18.2 Å². The van der Waals surface area contributed by atoms with Crippen molar-refractivity contribution in [3.63, 3.8) is 0 Å². The molecule has 1 aromatic heterocycles. The molecule has 0 spiro atoms. The van der Waals surface area contributed by atoms with E-state index in [9.17, 15) is 13.2 Å². The number of para-hydroxylation sites is 1. The van der Waals surface area contributed by atoms with Gasteiger partial charge in [0.2, 0.25) is 5.88 Å². The van der Waals surface area contributed by atoms with Crippen LogP contribution in [0.3, 0.4) is 0 Å². The number of alkyl halides is 3. The van der Waals surface area contributed by atoms with E-state index in [1.54, 1.807) is 36.5 Å². The molecule has 0 aliphatic carbocycles. The van der Waals surface area contributed by atoms with Crippen LogP contribution in [0.4, 0.5) is 18.9 Å². The molecule has 0 radical (unpaired) electrons. The fourth-order valence-electron chi connectivity index (χ4n) is 1.66. The van der Waals surface area contributed by atoms with Crippen LogP contribution >= 0.6 is 11.8 Å². The molecule has 1 N–H and O–H groups in total. The third-order valence-corrected chi connectivity index (χ3v) is 3.41. The molecule has 0 aliphatic rings. The molecule has 0 unspecified atom stereocenters. The molecular weight excluding hydrogens is 301 g/mol. The van der Waals surface area contributed by atoms with Crippen molar-refractivity contribution in [3.05, 3.63) is 48.2 Å². The summed E-state index contributed by atoms with van der Waals surface area (Å²) in [4.78, 5) is 4.19. The third-order valence-electron chi connectivity index (χ3n) is 2.60. The van der Waals surface area contributed by atoms with Crippen molar-refractivity contribution in [2.45, 2.75) is 16.9 Å². The van der Waals surface area contributed by atoms with Crippen LogP contribution in [0.1, 0.15) is 5.56 Å². The van der Waals surface area contributed by atoms with Gasteiger partial charge in [-0.05, 0) is 29.5 Å². The normalized spacial score (nSPS) is 11.2. The molecule has 0 atom stereocenters. The Morgan fingerprint density at radius 3 is 2.57 bits per heavy atom. The van der Waals surface area contributed by atoms with E-state index in [1.165, 1.54) is 13.2 Å². The Kier molecular flexibility index (Phi) is 4.95. The predicted octanol–water partition coefficient (Wildman–Crippen LogP) is 4.31. The van der Waals surface area contributed by atoms with Gasteiger partial charge in [-0.2, -0.15) is 13.2 Å². The highest BCUT2D eigenvalue weighted by Crippen LogP contribution is 2.40. The lowest BCUT2D eigenvalue weighted by Crippen LogP contribution is -2.04. The number of nitrogens with one attached hydrogen (secondary N) is 1. The molecule has 0 bridgehead atoms. The van der Waals surface area contributed by atoms with Crippen molar-refractivity contribution in [2.75, 3.05) is 12.4 Å². The lowest BCUT2D eigenvalue weighted by Gasteiger charge is -2.13. The summed E-state index contributed by atoms with van der Waals surface area (Å²) in [5, 5.41) is 2.99. The first kappa shape index (κ1) is 15.5. The van der Waals surface area contributed by atoms with Crippen molar-refractivity contribution >= 4 is 17.4 Å². The van der Waals surface area contributed by atoms with Crippen LogP contribution in [0, 0.1) is 0 Å². The Balaban J connectivity index is 2.05. The lowest BCUT2D eigenvalue weighted by atomic mass is 10.2. The molecule has 1 heterocycles. The van der Waals surface area contributed by atoms with Gasteiger partial charge in [-0.3, -0.25) is 0 Å². The summed E-state index contributed by atoms with van der Waals surface area (Å²) in [7, 11) is 1.52. The molecule has 0 saturated heterocycles. The zero-order chi connectivity index (χ0) is 15.3. The van der Waals surface area contributed by atoms with Crippen LogP contribution in [0.2, 0.25) is 0 Å². The van der Waals surface area contributed by atoms with E-state index in [0.29, 0.717) is 18.1 Å². The summed E-state index contributed by atoms with van der Waals surface area (Å²) in [5.41, 5.74) is -3.02. The summed E-state index contributed by atoms with van der Waals surface area (Å²) in [6.45, 7) is 0.381. The summed E-state index contributed by atoms with van der Waals surface area (Å²) >= 11 is -0.130. The van der Waals surface area contributed by atoms with E-state index in [0.717, 1.165) is 5.56 Å². The number of methoxy groups -OCH3 is 1. The first-order valence-corrected chi connectivity index (χ1v) is 6.87. The molecule has 0 saturated carbocycles. The van der Waals surface area contributed by atoms with Gasteiger partial charge in [-0.25, -0.2) is 4.98 Å². The third kappa shape index (κ3) is 4.86. The van der Waals surface area contributed by atoms with Crippen LogP contribution < -0.4 is 10.1 Å². The average Bonchev–Trinajstić information content (AvgIpc) is 2.45. The van der Waals surface area contributed by atoms with Crippen LogP contribution in [0.15, 0.2) is 47.5 Å². The minimum atomic E-state index is -4.31. The number of ether oxygens (including phenoxy) is 1. The van der Waals surface area contributed by atoms with Crippen molar-refractivity contribution < 1.29 is 17.9 Å². The molecule has 0 fully saturated rings. The topological polar surface area (TPSA) is 34.1 Å². The number of anilines is 1. The highest BCUT2D eigenvalue weighted by Gasteiger charge is 2.30. The zero-order valence-electron chi connectivity index (χ0n) is 11.1. The fourth-order valence-corrected chi connectivity index (χ4v) is 2.31. The van der Waals surface area contributed by atoms with E-state index >= 15 is 0 Å². The van der Waals surface area contributed by atoms with Gasteiger partial charge in [0.25, 0.3) is 0 Å². The van der Waals surface area contributed by atoms with E-state index < -0.39 is 5.51 Å². The van der Waals surface area contributed by atoms with Crippen molar-refractivity contribution in [2.24, 2.45) is 0 Å². The molecule has 2 aromatic rings. The second-order valence-corrected chi connectivity index (χ2v) is 5.21. The molecule has 0 amide bonds. The van der Waals surface area contributed by atoms with Gasteiger partial charge < -0.3 is 10.1 Å². The number of benzene rings is 1. The number of pyridine rings is 1. The Labute approximate surface area is 124 Å². The number of thioether (sulfide) groups is 1. The molecule has 2 rings (SSSR count). The van der Waals surface area contributed by atoms with E-state index in [-0.39, 0.29) is 16.7 Å². The van der Waals surface area contributed by atoms with Gasteiger partial charge in [0.1, 0.15) is 0 Å². The number of hydrogen-bond acceptors (Lipinski definition) is 4. The Morgan fingerprint density at radius 2 is 1.95 bits per heavy atom. The summed E-state index contributed by atoms with van der Waals surface area (Å²) in [6, 6.07) is 9.83. The molecule has 21 heavy (non-hydrogen) atoms. The highest BCUT2D eigenvalue weighted by atomic mass is 32.2. The zero-order valence-corrected chi connectivity index (χ0v) is 12.0. The van der Waals surface area contributed by atoms with Crippen LogP contribution in [0.5, 0.6) is 5.88 Å². The van der Waals surface area contributed by atoms with Crippen molar-refractivity contribution in [1.29, 1.82) is 0 Å². The minimum absolute atomic E-state index is 0.130. The monoisotopic (exact) mass is 314 g/mol. The summed E-state index contributed by atoms with van der Waals surface area (Å²) in [6.07, 6.45) is 1.62. The van der Waals surface area contributed by atoms with Gasteiger partial charge in [0.05, 0.1) is 7.11 Å². The smallest absolute Gasteiger partial charge is 0.446 e. The van der Waals surface area contributed by atoms with Gasteiger partial charge >= 0.3 is 5.51 Å². The van der Waals surface area contributed by atoms with Gasteiger partial charge in [0, 0.05) is 29.4 Å². The maximum absolute atomic E-state index is 12.5. The summed E-state index contributed by atoms with van der Waals surface area (Å²) < 4.78 is 42.4. The average molecular weight is 314 g/mol. The Hall–Kier alpha value is -1.89. The number of nitrogens with zero attached hydrogens (tertiary/aromatic N) is 1. The fraction of sp³-hybridized carbons (Fsp3) is 0.214. The molecular formula is C14H13F3N2OS. The second-order valence-electron chi connectivity index (χ2n) is 4.11. The first-order valence-electron chi connectivity index (χ1n) is 6.05. The number of halogens is 3. The largest absolute Gasteiger partial charge is 0.481 e. The number of aromatic nitrogens is 1. The SMILES string of the molecule is COc1ccc(CNc2ccccc2SC(F)(F)F)cn1. The van der Waals surface area contributed by atoms with E-state index in [4.69, 9.17) is 4.74 Å². The Bertz CT molecular complexity index is 588. The maximum Gasteiger partial charge on any atom is 0.446 e. The van der Waals surface area contributed by atoms with Crippen molar-refractivity contribution in [3.8, 4) is 5.88 Å². The van der Waals surface area contributed by atoms with E-state index in [1.807, 2.05) is 0 Å². The standard InChI is InChI=1S/C14H13F3N2OS/c1-20-13-7-6-10(9-19-13)8-18-11-4-2-3-5-12(11)21-14(15,16)17/h2-7,9,18H,8H2,1H3. The lowest BCUT2D eigenvalue weighted by molar-refractivity contribution is -0.0327. The number of rotatable bonds is 5. The predicted molar refractivity (Wildman–Crippen MR) is 76.5 cm³/mol. The molecule has 7 heteroatoms. The van der Waals surface area contributed by atoms with Crippen LogP contribution in [-0.4, -0.2) is 17.6 Å². The van der Waals surface area contributed by atoms with Gasteiger partial charge in [-0.15, -0.1) is 0 Å². The van der Waals surface area contributed by atoms with Crippen molar-refractivity contribution in [1.82, 2.24) is 4.98 Å².